The van der Waals surface area contributed by atoms with Crippen molar-refractivity contribution in [3.8, 4) is 10.4 Å². The summed E-state index contributed by atoms with van der Waals surface area (Å²) in [5.41, 5.74) is 1.16. The maximum absolute atomic E-state index is 11.8. The van der Waals surface area contributed by atoms with Gasteiger partial charge in [-0.05, 0) is 18.1 Å². The van der Waals surface area contributed by atoms with Gasteiger partial charge >= 0.3 is 0 Å². The lowest BCUT2D eigenvalue weighted by Gasteiger charge is -2.07. The molecular weight excluding hydrogens is 320 g/mol. The summed E-state index contributed by atoms with van der Waals surface area (Å²) in [7, 11) is 0. The van der Waals surface area contributed by atoms with Crippen LogP contribution in [-0.2, 0) is 4.79 Å². The molecule has 0 bridgehead atoms. The molecule has 1 aromatic carbocycles. The molecule has 0 fully saturated rings. The first-order valence-electron chi connectivity index (χ1n) is 8.08. The SMILES string of the molecule is CCCCNC(=O)CNc1ncnc2sc(-c3ccccc3)cc12. The molecule has 3 aromatic rings. The second-order valence-corrected chi connectivity index (χ2v) is 6.51. The quantitative estimate of drug-likeness (QED) is 0.644. The van der Waals surface area contributed by atoms with Gasteiger partial charge in [0.15, 0.2) is 0 Å². The molecule has 2 aromatic heterocycles. The number of nitrogens with zero attached hydrogens (tertiary/aromatic N) is 2. The minimum Gasteiger partial charge on any atom is -0.360 e. The molecule has 0 aliphatic carbocycles. The van der Waals surface area contributed by atoms with Gasteiger partial charge < -0.3 is 10.6 Å². The lowest BCUT2D eigenvalue weighted by Crippen LogP contribution is -2.30. The average Bonchev–Trinajstić information content (AvgIpc) is 3.06. The van der Waals surface area contributed by atoms with Crippen molar-refractivity contribution in [3.05, 3.63) is 42.7 Å². The number of aromatic nitrogens is 2. The van der Waals surface area contributed by atoms with E-state index in [-0.39, 0.29) is 12.5 Å². The Morgan fingerprint density at radius 1 is 1.21 bits per heavy atom. The standard InChI is InChI=1S/C18H20N4OS/c1-2-3-9-19-16(23)11-20-17-14-10-15(13-7-5-4-6-8-13)24-18(14)22-12-21-17/h4-8,10,12H,2-3,9,11H2,1H3,(H,19,23)(H,20,21,22). The van der Waals surface area contributed by atoms with Crippen LogP contribution in [0.15, 0.2) is 42.7 Å². The molecule has 0 spiro atoms. The van der Waals surface area contributed by atoms with E-state index in [2.05, 4.69) is 45.7 Å². The van der Waals surface area contributed by atoms with E-state index in [1.54, 1.807) is 11.3 Å². The predicted octanol–water partition coefficient (Wildman–Crippen LogP) is 3.69. The normalized spacial score (nSPS) is 10.7. The van der Waals surface area contributed by atoms with Crippen LogP contribution >= 0.6 is 11.3 Å². The van der Waals surface area contributed by atoms with Gasteiger partial charge in [0.1, 0.15) is 17.0 Å². The monoisotopic (exact) mass is 340 g/mol. The molecule has 5 nitrogen and oxygen atoms in total. The highest BCUT2D eigenvalue weighted by atomic mass is 32.1. The summed E-state index contributed by atoms with van der Waals surface area (Å²) in [4.78, 5) is 22.5. The summed E-state index contributed by atoms with van der Waals surface area (Å²) < 4.78 is 0. The highest BCUT2D eigenvalue weighted by Gasteiger charge is 2.10. The maximum atomic E-state index is 11.8. The molecule has 0 unspecified atom stereocenters. The van der Waals surface area contributed by atoms with Crippen molar-refractivity contribution in [1.29, 1.82) is 0 Å². The Morgan fingerprint density at radius 2 is 2.04 bits per heavy atom. The van der Waals surface area contributed by atoms with Crippen LogP contribution in [0.25, 0.3) is 20.7 Å². The van der Waals surface area contributed by atoms with Gasteiger partial charge in [-0.2, -0.15) is 0 Å². The summed E-state index contributed by atoms with van der Waals surface area (Å²) in [5, 5.41) is 6.96. The molecule has 2 heterocycles. The van der Waals surface area contributed by atoms with Crippen molar-refractivity contribution in [2.45, 2.75) is 19.8 Å². The van der Waals surface area contributed by atoms with E-state index < -0.39 is 0 Å². The van der Waals surface area contributed by atoms with Crippen molar-refractivity contribution in [2.24, 2.45) is 0 Å². The number of carbonyl (C=O) groups is 1. The van der Waals surface area contributed by atoms with Gasteiger partial charge in [0.05, 0.1) is 11.9 Å². The number of hydrogen-bond acceptors (Lipinski definition) is 5. The first-order valence-corrected chi connectivity index (χ1v) is 8.90. The molecule has 0 aliphatic heterocycles. The summed E-state index contributed by atoms with van der Waals surface area (Å²) in [5.74, 6) is 0.679. The zero-order valence-electron chi connectivity index (χ0n) is 13.6. The summed E-state index contributed by atoms with van der Waals surface area (Å²) >= 11 is 1.62. The average molecular weight is 340 g/mol. The second kappa shape index (κ2) is 7.88. The lowest BCUT2D eigenvalue weighted by atomic mass is 10.2. The van der Waals surface area contributed by atoms with Crippen molar-refractivity contribution in [2.75, 3.05) is 18.4 Å². The van der Waals surface area contributed by atoms with Gasteiger partial charge in [0.25, 0.3) is 0 Å². The number of fused-ring (bicyclic) bond motifs is 1. The third kappa shape index (κ3) is 3.89. The molecule has 1 amide bonds. The van der Waals surface area contributed by atoms with Crippen LogP contribution in [-0.4, -0.2) is 29.0 Å². The minimum absolute atomic E-state index is 0.0197. The molecule has 0 saturated heterocycles. The number of nitrogens with one attached hydrogen (secondary N) is 2. The molecule has 124 valence electrons. The number of rotatable bonds is 7. The smallest absolute Gasteiger partial charge is 0.239 e. The van der Waals surface area contributed by atoms with Crippen molar-refractivity contribution < 1.29 is 4.79 Å². The molecule has 2 N–H and O–H groups in total. The van der Waals surface area contributed by atoms with E-state index >= 15 is 0 Å². The highest BCUT2D eigenvalue weighted by molar-refractivity contribution is 7.21. The van der Waals surface area contributed by atoms with Gasteiger partial charge in [0.2, 0.25) is 5.91 Å². The van der Waals surface area contributed by atoms with E-state index in [0.29, 0.717) is 12.4 Å². The number of thiophene rings is 1. The van der Waals surface area contributed by atoms with Crippen molar-refractivity contribution >= 4 is 33.3 Å². The van der Waals surface area contributed by atoms with E-state index in [0.717, 1.165) is 33.5 Å². The van der Waals surface area contributed by atoms with Crippen LogP contribution < -0.4 is 10.6 Å². The Labute approximate surface area is 145 Å². The zero-order chi connectivity index (χ0) is 16.8. The molecule has 0 saturated carbocycles. The Bertz CT molecular complexity index is 816. The van der Waals surface area contributed by atoms with Crippen LogP contribution in [0, 0.1) is 0 Å². The van der Waals surface area contributed by atoms with Crippen LogP contribution in [0.2, 0.25) is 0 Å². The first-order chi connectivity index (χ1) is 11.8. The second-order valence-electron chi connectivity index (χ2n) is 5.47. The number of hydrogen-bond donors (Lipinski definition) is 2. The number of carbonyl (C=O) groups excluding carboxylic acids is 1. The zero-order valence-corrected chi connectivity index (χ0v) is 14.4. The minimum atomic E-state index is -0.0197. The Hall–Kier alpha value is -2.47. The topological polar surface area (TPSA) is 66.9 Å². The van der Waals surface area contributed by atoms with Gasteiger partial charge in [-0.15, -0.1) is 11.3 Å². The number of amides is 1. The van der Waals surface area contributed by atoms with Gasteiger partial charge in [-0.1, -0.05) is 43.7 Å². The fraction of sp³-hybridized carbons (Fsp3) is 0.278. The van der Waals surface area contributed by atoms with Crippen LogP contribution in [0.3, 0.4) is 0 Å². The van der Waals surface area contributed by atoms with Crippen molar-refractivity contribution in [3.63, 3.8) is 0 Å². The molecule has 3 rings (SSSR count). The Balaban J connectivity index is 1.74. The summed E-state index contributed by atoms with van der Waals surface area (Å²) in [6.07, 6.45) is 3.59. The van der Waals surface area contributed by atoms with Gasteiger partial charge in [0, 0.05) is 11.4 Å². The summed E-state index contributed by atoms with van der Waals surface area (Å²) in [6, 6.07) is 12.3. The fourth-order valence-corrected chi connectivity index (χ4v) is 3.38. The van der Waals surface area contributed by atoms with E-state index in [1.807, 2.05) is 18.2 Å². The Morgan fingerprint density at radius 3 is 2.83 bits per heavy atom. The lowest BCUT2D eigenvalue weighted by molar-refractivity contribution is -0.119. The van der Waals surface area contributed by atoms with E-state index in [9.17, 15) is 4.79 Å². The maximum Gasteiger partial charge on any atom is 0.239 e. The molecule has 24 heavy (non-hydrogen) atoms. The molecule has 0 aliphatic rings. The summed E-state index contributed by atoms with van der Waals surface area (Å²) in [6.45, 7) is 3.03. The largest absolute Gasteiger partial charge is 0.360 e. The predicted molar refractivity (Wildman–Crippen MR) is 99.3 cm³/mol. The van der Waals surface area contributed by atoms with Crippen LogP contribution in [0.5, 0.6) is 0 Å². The van der Waals surface area contributed by atoms with E-state index in [4.69, 9.17) is 0 Å². The third-order valence-electron chi connectivity index (χ3n) is 3.66. The van der Waals surface area contributed by atoms with Gasteiger partial charge in [-0.3, -0.25) is 4.79 Å². The van der Waals surface area contributed by atoms with Crippen molar-refractivity contribution in [1.82, 2.24) is 15.3 Å². The molecule has 0 atom stereocenters. The molecule has 6 heteroatoms. The number of unbranched alkanes of at least 4 members (excludes halogenated alkanes) is 1. The van der Waals surface area contributed by atoms with Gasteiger partial charge in [-0.25, -0.2) is 9.97 Å². The molecule has 0 radical (unpaired) electrons. The first kappa shape index (κ1) is 16.4. The third-order valence-corrected chi connectivity index (χ3v) is 4.75. The Kier molecular flexibility index (Phi) is 5.38. The fourth-order valence-electron chi connectivity index (χ4n) is 2.37. The highest BCUT2D eigenvalue weighted by Crippen LogP contribution is 2.34. The van der Waals surface area contributed by atoms with E-state index in [1.165, 1.54) is 6.33 Å². The van der Waals surface area contributed by atoms with Crippen LogP contribution in [0.4, 0.5) is 5.82 Å². The van der Waals surface area contributed by atoms with Crippen LogP contribution in [0.1, 0.15) is 19.8 Å². The number of benzene rings is 1. The number of anilines is 1. The molecular formula is C18H20N4OS.